The van der Waals surface area contributed by atoms with Crippen LogP contribution in [0.4, 0.5) is 10.5 Å². The molecule has 5 heteroatoms. The van der Waals surface area contributed by atoms with Gasteiger partial charge in [0.05, 0.1) is 17.3 Å². The van der Waals surface area contributed by atoms with Gasteiger partial charge >= 0.3 is 6.03 Å². The van der Waals surface area contributed by atoms with Crippen molar-refractivity contribution in [2.45, 2.75) is 13.0 Å². The molecule has 19 heavy (non-hydrogen) atoms. The van der Waals surface area contributed by atoms with Crippen molar-refractivity contribution in [2.24, 2.45) is 0 Å². The molecule has 0 radical (unpaired) electrons. The van der Waals surface area contributed by atoms with Gasteiger partial charge < -0.3 is 15.1 Å². The zero-order valence-electron chi connectivity index (χ0n) is 10.9. The second-order valence-electron chi connectivity index (χ2n) is 5.11. The number of hydrogen-bond acceptors (Lipinski definition) is 3. The van der Waals surface area contributed by atoms with E-state index >= 15 is 0 Å². The number of carbonyl (C=O) groups excluding carboxylic acids is 1. The summed E-state index contributed by atoms with van der Waals surface area (Å²) in [5.41, 5.74) is 2.84. The molecule has 2 aliphatic heterocycles. The third-order valence-corrected chi connectivity index (χ3v) is 3.85. The zero-order valence-corrected chi connectivity index (χ0v) is 10.9. The Labute approximate surface area is 112 Å². The molecule has 2 saturated heterocycles. The van der Waals surface area contributed by atoms with E-state index in [0.29, 0.717) is 12.1 Å². The number of nitriles is 1. The number of hydrogen-bond donors (Lipinski definition) is 1. The number of nitrogens with zero attached hydrogens (tertiary/aromatic N) is 3. The number of piperazine rings is 1. The molecule has 5 nitrogen and oxygen atoms in total. The van der Waals surface area contributed by atoms with Crippen molar-refractivity contribution in [3.05, 3.63) is 29.3 Å². The Morgan fingerprint density at radius 3 is 3.05 bits per heavy atom. The Hall–Kier alpha value is -2.22. The van der Waals surface area contributed by atoms with Gasteiger partial charge in [0.15, 0.2) is 0 Å². The first-order chi connectivity index (χ1) is 9.19. The monoisotopic (exact) mass is 256 g/mol. The molecule has 0 aliphatic carbocycles. The molecule has 1 N–H and O–H groups in total. The highest BCUT2D eigenvalue weighted by Crippen LogP contribution is 2.25. The Kier molecular flexibility index (Phi) is 2.79. The average molecular weight is 256 g/mol. The molecule has 98 valence electrons. The van der Waals surface area contributed by atoms with Crippen LogP contribution in [0.3, 0.4) is 0 Å². The van der Waals surface area contributed by atoms with Crippen LogP contribution in [-0.2, 0) is 0 Å². The molecule has 1 aromatic carbocycles. The van der Waals surface area contributed by atoms with E-state index in [0.717, 1.165) is 30.9 Å². The number of anilines is 1. The first kappa shape index (κ1) is 11.8. The van der Waals surface area contributed by atoms with Crippen LogP contribution in [0, 0.1) is 18.3 Å². The van der Waals surface area contributed by atoms with Gasteiger partial charge in [-0.2, -0.15) is 5.26 Å². The molecule has 0 saturated carbocycles. The van der Waals surface area contributed by atoms with Gasteiger partial charge in [-0.15, -0.1) is 0 Å². The maximum atomic E-state index is 11.6. The fourth-order valence-corrected chi connectivity index (χ4v) is 2.82. The number of fused-ring (bicyclic) bond motifs is 1. The Balaban J connectivity index is 1.86. The molecular weight excluding hydrogens is 240 g/mol. The minimum absolute atomic E-state index is 0.0365. The topological polar surface area (TPSA) is 59.4 Å². The van der Waals surface area contributed by atoms with E-state index in [1.54, 1.807) is 0 Å². The number of rotatable bonds is 1. The maximum Gasteiger partial charge on any atom is 0.317 e. The number of nitrogens with one attached hydrogen (secondary N) is 1. The highest BCUT2D eigenvalue weighted by Gasteiger charge is 2.35. The summed E-state index contributed by atoms with van der Waals surface area (Å²) < 4.78 is 0. The maximum absolute atomic E-state index is 11.6. The summed E-state index contributed by atoms with van der Waals surface area (Å²) in [6.45, 7) is 5.01. The van der Waals surface area contributed by atoms with Gasteiger partial charge in [-0.05, 0) is 24.6 Å². The van der Waals surface area contributed by atoms with E-state index in [1.165, 1.54) is 0 Å². The lowest BCUT2D eigenvalue weighted by Gasteiger charge is -2.38. The third kappa shape index (κ3) is 1.99. The Bertz CT molecular complexity index is 563. The molecule has 1 aromatic rings. The molecule has 2 aliphatic rings. The molecule has 0 aromatic heterocycles. The van der Waals surface area contributed by atoms with Gasteiger partial charge in [-0.3, -0.25) is 0 Å². The van der Waals surface area contributed by atoms with Crippen LogP contribution in [0.15, 0.2) is 18.2 Å². The van der Waals surface area contributed by atoms with Gasteiger partial charge in [0, 0.05) is 26.2 Å². The van der Waals surface area contributed by atoms with Gasteiger partial charge in [-0.25, -0.2) is 4.79 Å². The number of urea groups is 1. The SMILES string of the molecule is Cc1ccc(C#N)c(N2CCN3C(=O)NCC3C2)c1. The predicted octanol–water partition coefficient (Wildman–Crippen LogP) is 1.08. The predicted molar refractivity (Wildman–Crippen MR) is 72.0 cm³/mol. The first-order valence-electron chi connectivity index (χ1n) is 6.49. The molecule has 2 heterocycles. The van der Waals surface area contributed by atoms with Gasteiger partial charge in [0.25, 0.3) is 0 Å². The van der Waals surface area contributed by atoms with E-state index < -0.39 is 0 Å². The molecule has 3 rings (SSSR count). The molecule has 2 fully saturated rings. The van der Waals surface area contributed by atoms with Crippen LogP contribution in [-0.4, -0.2) is 43.2 Å². The normalized spacial score (nSPS) is 21.9. The molecular formula is C14H16N4O. The van der Waals surface area contributed by atoms with Crippen molar-refractivity contribution in [3.8, 4) is 6.07 Å². The smallest absolute Gasteiger partial charge is 0.317 e. The van der Waals surface area contributed by atoms with E-state index in [1.807, 2.05) is 24.0 Å². The number of amides is 2. The van der Waals surface area contributed by atoms with Crippen molar-refractivity contribution in [1.82, 2.24) is 10.2 Å². The first-order valence-corrected chi connectivity index (χ1v) is 6.49. The van der Waals surface area contributed by atoms with Crippen molar-refractivity contribution in [2.75, 3.05) is 31.1 Å². The fourth-order valence-electron chi connectivity index (χ4n) is 2.82. The van der Waals surface area contributed by atoms with Gasteiger partial charge in [-0.1, -0.05) is 6.07 Å². The highest BCUT2D eigenvalue weighted by molar-refractivity contribution is 5.77. The van der Waals surface area contributed by atoms with Crippen LogP contribution in [0.25, 0.3) is 0 Å². The zero-order chi connectivity index (χ0) is 13.4. The van der Waals surface area contributed by atoms with Crippen molar-refractivity contribution in [3.63, 3.8) is 0 Å². The van der Waals surface area contributed by atoms with Crippen LogP contribution >= 0.6 is 0 Å². The van der Waals surface area contributed by atoms with Gasteiger partial charge in [0.1, 0.15) is 6.07 Å². The minimum atomic E-state index is 0.0365. The number of carbonyl (C=O) groups is 1. The lowest BCUT2D eigenvalue weighted by Crippen LogP contribution is -2.52. The largest absolute Gasteiger partial charge is 0.367 e. The second kappa shape index (κ2) is 4.47. The summed E-state index contributed by atoms with van der Waals surface area (Å²) in [5.74, 6) is 0. The Morgan fingerprint density at radius 2 is 2.26 bits per heavy atom. The molecule has 0 spiro atoms. The van der Waals surface area contributed by atoms with E-state index in [2.05, 4.69) is 22.4 Å². The Morgan fingerprint density at radius 1 is 1.42 bits per heavy atom. The van der Waals surface area contributed by atoms with E-state index in [9.17, 15) is 10.1 Å². The van der Waals surface area contributed by atoms with Crippen molar-refractivity contribution >= 4 is 11.7 Å². The van der Waals surface area contributed by atoms with Crippen LogP contribution in [0.2, 0.25) is 0 Å². The summed E-state index contributed by atoms with van der Waals surface area (Å²) in [4.78, 5) is 15.7. The number of benzene rings is 1. The van der Waals surface area contributed by atoms with Crippen molar-refractivity contribution < 1.29 is 4.79 Å². The highest BCUT2D eigenvalue weighted by atomic mass is 16.2. The summed E-state index contributed by atoms with van der Waals surface area (Å²) in [5, 5.41) is 12.1. The van der Waals surface area contributed by atoms with Crippen molar-refractivity contribution in [1.29, 1.82) is 5.26 Å². The van der Waals surface area contributed by atoms with E-state index in [-0.39, 0.29) is 12.1 Å². The lowest BCUT2D eigenvalue weighted by atomic mass is 10.1. The second-order valence-corrected chi connectivity index (χ2v) is 5.11. The summed E-state index contributed by atoms with van der Waals surface area (Å²) in [7, 11) is 0. The molecule has 0 bridgehead atoms. The van der Waals surface area contributed by atoms with Crippen LogP contribution < -0.4 is 10.2 Å². The summed E-state index contributed by atoms with van der Waals surface area (Å²) in [6.07, 6.45) is 0. The van der Waals surface area contributed by atoms with E-state index in [4.69, 9.17) is 0 Å². The summed E-state index contributed by atoms with van der Waals surface area (Å²) >= 11 is 0. The lowest BCUT2D eigenvalue weighted by molar-refractivity contribution is 0.197. The van der Waals surface area contributed by atoms with Gasteiger partial charge in [0.2, 0.25) is 0 Å². The fraction of sp³-hybridized carbons (Fsp3) is 0.429. The standard InChI is InChI=1S/C14H16N4O/c1-10-2-3-11(7-15)13(6-10)17-4-5-18-12(9-17)8-16-14(18)19/h2-3,6,12H,4-5,8-9H2,1H3,(H,16,19). The number of aryl methyl sites for hydroxylation is 1. The molecule has 2 amide bonds. The van der Waals surface area contributed by atoms with Crippen LogP contribution in [0.5, 0.6) is 0 Å². The van der Waals surface area contributed by atoms with Crippen LogP contribution in [0.1, 0.15) is 11.1 Å². The molecule has 1 atom stereocenters. The molecule has 1 unspecified atom stereocenters. The summed E-state index contributed by atoms with van der Waals surface area (Å²) in [6, 6.07) is 8.38. The minimum Gasteiger partial charge on any atom is -0.367 e. The quantitative estimate of drug-likeness (QED) is 0.818. The average Bonchev–Trinajstić information content (AvgIpc) is 2.80. The third-order valence-electron chi connectivity index (χ3n) is 3.85.